The smallest absolute Gasteiger partial charge is 0.241 e. The van der Waals surface area contributed by atoms with Gasteiger partial charge in [-0.1, -0.05) is 0 Å². The van der Waals surface area contributed by atoms with Crippen molar-refractivity contribution in [3.8, 4) is 0 Å². The van der Waals surface area contributed by atoms with Gasteiger partial charge in [-0.3, -0.25) is 24.4 Å². The molecule has 0 bridgehead atoms. The van der Waals surface area contributed by atoms with Crippen LogP contribution in [0.5, 0.6) is 0 Å². The first-order chi connectivity index (χ1) is 14.1. The predicted octanol–water partition coefficient (Wildman–Crippen LogP) is 1.06. The molecular weight excluding hydrogens is 366 g/mol. The number of piperidine rings is 2. The number of likely N-dealkylation sites (N-methyl/N-ethyl adjacent to an activating group) is 1. The van der Waals surface area contributed by atoms with Crippen molar-refractivity contribution in [2.45, 2.75) is 38.3 Å². The molecule has 0 saturated carbocycles. The molecule has 1 aromatic rings. The summed E-state index contributed by atoms with van der Waals surface area (Å²) in [6, 6.07) is 4.76. The van der Waals surface area contributed by atoms with Crippen LogP contribution in [0.2, 0.25) is 0 Å². The normalized spacial score (nSPS) is 25.4. The zero-order valence-electron chi connectivity index (χ0n) is 17.5. The minimum absolute atomic E-state index is 0.0507. The largest absolute Gasteiger partial charge is 0.342 e. The number of aromatic nitrogens is 1. The van der Waals surface area contributed by atoms with Crippen molar-refractivity contribution in [1.82, 2.24) is 24.6 Å². The third-order valence-electron chi connectivity index (χ3n) is 6.80. The lowest BCUT2D eigenvalue weighted by Gasteiger charge is -2.43. The number of piperazine rings is 1. The zero-order chi connectivity index (χ0) is 20.2. The van der Waals surface area contributed by atoms with E-state index in [4.69, 9.17) is 0 Å². The lowest BCUT2D eigenvalue weighted by atomic mass is 9.92. The number of nitrogens with zero attached hydrogens (tertiary/aromatic N) is 5. The van der Waals surface area contributed by atoms with Gasteiger partial charge in [-0.25, -0.2) is 0 Å². The van der Waals surface area contributed by atoms with Crippen LogP contribution in [0.15, 0.2) is 24.5 Å². The Kier molecular flexibility index (Phi) is 6.45. The molecule has 2 amide bonds. The standard InChI is InChI=1S/C22H33N5O2/c1-24-13-14-27(17-21(24)28)22(29)19-3-2-10-26(16-19)20-6-11-25(12-7-20)15-18-4-8-23-9-5-18/h4-5,8-9,19-20H,2-3,6-7,10-17H2,1H3. The highest BCUT2D eigenvalue weighted by molar-refractivity contribution is 5.87. The van der Waals surface area contributed by atoms with Crippen molar-refractivity contribution in [3.63, 3.8) is 0 Å². The summed E-state index contributed by atoms with van der Waals surface area (Å²) in [6.07, 6.45) is 8.09. The molecule has 158 valence electrons. The molecule has 3 aliphatic heterocycles. The number of carbonyl (C=O) groups is 2. The van der Waals surface area contributed by atoms with Crippen LogP contribution >= 0.6 is 0 Å². The third kappa shape index (κ3) is 4.95. The summed E-state index contributed by atoms with van der Waals surface area (Å²) in [6.45, 7) is 6.73. The molecule has 0 aliphatic carbocycles. The van der Waals surface area contributed by atoms with Crippen LogP contribution in [0.1, 0.15) is 31.2 Å². The maximum absolute atomic E-state index is 13.0. The van der Waals surface area contributed by atoms with Crippen LogP contribution in [0.25, 0.3) is 0 Å². The third-order valence-corrected chi connectivity index (χ3v) is 6.80. The molecule has 1 aromatic heterocycles. The Morgan fingerprint density at radius 1 is 1.07 bits per heavy atom. The molecule has 0 spiro atoms. The summed E-state index contributed by atoms with van der Waals surface area (Å²) in [5.74, 6) is 0.292. The van der Waals surface area contributed by atoms with E-state index in [-0.39, 0.29) is 24.3 Å². The Labute approximate surface area is 173 Å². The highest BCUT2D eigenvalue weighted by Gasteiger charge is 2.35. The van der Waals surface area contributed by atoms with Crippen LogP contribution in [0.4, 0.5) is 0 Å². The maximum Gasteiger partial charge on any atom is 0.241 e. The molecule has 0 N–H and O–H groups in total. The van der Waals surface area contributed by atoms with Gasteiger partial charge in [0.05, 0.1) is 12.5 Å². The minimum atomic E-state index is 0.0507. The van der Waals surface area contributed by atoms with Crippen LogP contribution in [-0.4, -0.2) is 95.3 Å². The van der Waals surface area contributed by atoms with E-state index in [1.807, 2.05) is 19.4 Å². The van der Waals surface area contributed by atoms with Crippen molar-refractivity contribution in [2.75, 3.05) is 52.9 Å². The topological polar surface area (TPSA) is 60.0 Å². The van der Waals surface area contributed by atoms with Gasteiger partial charge < -0.3 is 9.80 Å². The van der Waals surface area contributed by atoms with E-state index in [1.165, 1.54) is 18.4 Å². The lowest BCUT2D eigenvalue weighted by molar-refractivity contribution is -0.148. The first-order valence-corrected chi connectivity index (χ1v) is 11.0. The minimum Gasteiger partial charge on any atom is -0.342 e. The van der Waals surface area contributed by atoms with Crippen LogP contribution in [0.3, 0.4) is 0 Å². The fraction of sp³-hybridized carbons (Fsp3) is 0.682. The second kappa shape index (κ2) is 9.22. The van der Waals surface area contributed by atoms with Crippen LogP contribution in [0, 0.1) is 5.92 Å². The van der Waals surface area contributed by atoms with Gasteiger partial charge in [-0.15, -0.1) is 0 Å². The van der Waals surface area contributed by atoms with Gasteiger partial charge >= 0.3 is 0 Å². The first-order valence-electron chi connectivity index (χ1n) is 11.0. The number of carbonyl (C=O) groups excluding carboxylic acids is 2. The van der Waals surface area contributed by atoms with Gasteiger partial charge in [0.15, 0.2) is 0 Å². The molecule has 29 heavy (non-hydrogen) atoms. The molecule has 3 aliphatic rings. The van der Waals surface area contributed by atoms with E-state index in [2.05, 4.69) is 26.9 Å². The average molecular weight is 400 g/mol. The van der Waals surface area contributed by atoms with E-state index in [9.17, 15) is 9.59 Å². The number of rotatable bonds is 4. The monoisotopic (exact) mass is 399 g/mol. The molecule has 0 aromatic carbocycles. The van der Waals surface area contributed by atoms with Crippen molar-refractivity contribution in [3.05, 3.63) is 30.1 Å². The molecule has 0 radical (unpaired) electrons. The number of pyridine rings is 1. The number of likely N-dealkylation sites (tertiary alicyclic amines) is 2. The van der Waals surface area contributed by atoms with E-state index in [0.717, 1.165) is 45.6 Å². The molecule has 3 saturated heterocycles. The van der Waals surface area contributed by atoms with Gasteiger partial charge in [0.1, 0.15) is 0 Å². The summed E-state index contributed by atoms with van der Waals surface area (Å²) >= 11 is 0. The number of hydrogen-bond donors (Lipinski definition) is 0. The zero-order valence-corrected chi connectivity index (χ0v) is 17.5. The Bertz CT molecular complexity index is 704. The van der Waals surface area contributed by atoms with Gasteiger partial charge in [0.2, 0.25) is 11.8 Å². The quantitative estimate of drug-likeness (QED) is 0.758. The Morgan fingerprint density at radius 2 is 1.83 bits per heavy atom. The van der Waals surface area contributed by atoms with Crippen molar-refractivity contribution < 1.29 is 9.59 Å². The van der Waals surface area contributed by atoms with E-state index in [0.29, 0.717) is 19.1 Å². The summed E-state index contributed by atoms with van der Waals surface area (Å²) < 4.78 is 0. The fourth-order valence-corrected chi connectivity index (χ4v) is 4.93. The molecule has 1 atom stereocenters. The summed E-state index contributed by atoms with van der Waals surface area (Å²) in [4.78, 5) is 37.7. The molecule has 7 heteroatoms. The SMILES string of the molecule is CN1CCN(C(=O)C2CCCN(C3CCN(Cc4ccncc4)CC3)C2)CC1=O. The second-order valence-electron chi connectivity index (χ2n) is 8.77. The van der Waals surface area contributed by atoms with Gasteiger partial charge in [-0.2, -0.15) is 0 Å². The molecule has 7 nitrogen and oxygen atoms in total. The van der Waals surface area contributed by atoms with E-state index >= 15 is 0 Å². The molecular formula is C22H33N5O2. The summed E-state index contributed by atoms with van der Waals surface area (Å²) in [5.41, 5.74) is 1.32. The van der Waals surface area contributed by atoms with Crippen molar-refractivity contribution >= 4 is 11.8 Å². The van der Waals surface area contributed by atoms with Crippen LogP contribution in [-0.2, 0) is 16.1 Å². The van der Waals surface area contributed by atoms with Crippen molar-refractivity contribution in [1.29, 1.82) is 0 Å². The predicted molar refractivity (Wildman–Crippen MR) is 111 cm³/mol. The number of hydrogen-bond acceptors (Lipinski definition) is 5. The van der Waals surface area contributed by atoms with Crippen LogP contribution < -0.4 is 0 Å². The Balaban J connectivity index is 1.27. The summed E-state index contributed by atoms with van der Waals surface area (Å²) in [7, 11) is 1.81. The highest BCUT2D eigenvalue weighted by Crippen LogP contribution is 2.26. The Hall–Kier alpha value is -1.99. The Morgan fingerprint density at radius 3 is 2.55 bits per heavy atom. The second-order valence-corrected chi connectivity index (χ2v) is 8.77. The fourth-order valence-electron chi connectivity index (χ4n) is 4.93. The number of amides is 2. The van der Waals surface area contributed by atoms with Crippen molar-refractivity contribution in [2.24, 2.45) is 5.92 Å². The van der Waals surface area contributed by atoms with E-state index in [1.54, 1.807) is 9.80 Å². The average Bonchev–Trinajstić information content (AvgIpc) is 2.76. The van der Waals surface area contributed by atoms with E-state index < -0.39 is 0 Å². The lowest BCUT2D eigenvalue weighted by Crippen LogP contribution is -2.55. The van der Waals surface area contributed by atoms with Gasteiger partial charge in [0.25, 0.3) is 0 Å². The molecule has 4 heterocycles. The summed E-state index contributed by atoms with van der Waals surface area (Å²) in [5, 5.41) is 0. The van der Waals surface area contributed by atoms with Gasteiger partial charge in [-0.05, 0) is 63.0 Å². The molecule has 3 fully saturated rings. The maximum atomic E-state index is 13.0. The first kappa shape index (κ1) is 20.3. The highest BCUT2D eigenvalue weighted by atomic mass is 16.2. The van der Waals surface area contributed by atoms with Gasteiger partial charge in [0, 0.05) is 51.7 Å². The molecule has 4 rings (SSSR count). The molecule has 1 unspecified atom stereocenters.